The molecule has 2 aromatic heterocycles. The minimum absolute atomic E-state index is 0.0462. The van der Waals surface area contributed by atoms with Gasteiger partial charge >= 0.3 is 6.36 Å². The van der Waals surface area contributed by atoms with Crippen LogP contribution in [0.25, 0.3) is 16.7 Å². The highest BCUT2D eigenvalue weighted by Gasteiger charge is 2.32. The Morgan fingerprint density at radius 2 is 1.93 bits per heavy atom. The minimum atomic E-state index is -4.88. The van der Waals surface area contributed by atoms with Gasteiger partial charge in [-0.2, -0.15) is 5.10 Å². The lowest BCUT2D eigenvalue weighted by atomic mass is 10.1. The molecule has 0 spiro atoms. The molecule has 0 fully saturated rings. The zero-order chi connectivity index (χ0) is 21.5. The Bertz CT molecular complexity index is 1300. The van der Waals surface area contributed by atoms with E-state index in [1.807, 2.05) is 0 Å². The predicted octanol–water partition coefficient (Wildman–Crippen LogP) is 3.44. The van der Waals surface area contributed by atoms with Gasteiger partial charge in [0.1, 0.15) is 34.2 Å². The fraction of sp³-hybridized carbons (Fsp3) is 0.105. The van der Waals surface area contributed by atoms with Crippen molar-refractivity contribution in [3.8, 4) is 17.2 Å². The van der Waals surface area contributed by atoms with E-state index in [0.29, 0.717) is 0 Å². The van der Waals surface area contributed by atoms with Crippen LogP contribution in [-0.4, -0.2) is 31.2 Å². The first-order valence-electron chi connectivity index (χ1n) is 8.51. The number of H-pyrrole nitrogens is 1. The van der Waals surface area contributed by atoms with Gasteiger partial charge in [0.25, 0.3) is 5.56 Å². The molecular weight excluding hydrogens is 408 g/mol. The van der Waals surface area contributed by atoms with Crippen LogP contribution in [0.2, 0.25) is 0 Å². The molecule has 2 N–H and O–H groups in total. The third kappa shape index (κ3) is 3.81. The van der Waals surface area contributed by atoms with E-state index in [4.69, 9.17) is 0 Å². The number of nitrogens with zero attached hydrogens (tertiary/aromatic N) is 3. The van der Waals surface area contributed by atoms with E-state index in [-0.39, 0.29) is 34.5 Å². The highest BCUT2D eigenvalue weighted by atomic mass is 19.4. The smallest absolute Gasteiger partial charge is 0.506 e. The van der Waals surface area contributed by atoms with Crippen LogP contribution in [0, 0.1) is 5.82 Å². The van der Waals surface area contributed by atoms with E-state index in [2.05, 4.69) is 19.8 Å². The summed E-state index contributed by atoms with van der Waals surface area (Å²) in [6.45, 7) is 0. The zero-order valence-corrected chi connectivity index (χ0v) is 14.9. The SMILES string of the molecule is O=c1[nH]c(Cc2ccccc2OC(F)(F)F)nc2c1cnn2-c1ccc(F)cc1O. The summed E-state index contributed by atoms with van der Waals surface area (Å²) in [4.78, 5) is 19.2. The molecule has 0 saturated carbocycles. The standard InChI is InChI=1S/C19H12F4N4O3/c20-11-5-6-13(14(28)8-11)27-17-12(9-24-27)18(29)26-16(25-17)7-10-3-1-2-4-15(10)30-19(21,22)23/h1-6,8-9,28H,7H2,(H,25,26,29). The van der Waals surface area contributed by atoms with Gasteiger partial charge in [0.05, 0.1) is 6.20 Å². The van der Waals surface area contributed by atoms with Gasteiger partial charge in [0.15, 0.2) is 5.65 Å². The Morgan fingerprint density at radius 1 is 1.17 bits per heavy atom. The molecule has 4 rings (SSSR count). The number of rotatable bonds is 4. The number of halogens is 4. The number of ether oxygens (including phenoxy) is 1. The highest BCUT2D eigenvalue weighted by Crippen LogP contribution is 2.28. The second-order valence-corrected chi connectivity index (χ2v) is 6.27. The van der Waals surface area contributed by atoms with Gasteiger partial charge in [-0.15, -0.1) is 13.2 Å². The molecule has 0 aliphatic heterocycles. The molecule has 154 valence electrons. The maximum absolute atomic E-state index is 13.3. The number of fused-ring (bicyclic) bond motifs is 1. The van der Waals surface area contributed by atoms with Gasteiger partial charge < -0.3 is 14.8 Å². The van der Waals surface area contributed by atoms with E-state index < -0.39 is 29.2 Å². The number of hydrogen-bond donors (Lipinski definition) is 2. The van der Waals surface area contributed by atoms with E-state index in [1.165, 1.54) is 30.5 Å². The first-order valence-corrected chi connectivity index (χ1v) is 8.51. The van der Waals surface area contributed by atoms with E-state index in [1.54, 1.807) is 0 Å². The Labute approximate surface area is 165 Å². The van der Waals surface area contributed by atoms with E-state index >= 15 is 0 Å². The van der Waals surface area contributed by atoms with Crippen LogP contribution in [0.1, 0.15) is 11.4 Å². The monoisotopic (exact) mass is 420 g/mol. The second kappa shape index (κ2) is 7.17. The molecule has 0 bridgehead atoms. The van der Waals surface area contributed by atoms with Gasteiger partial charge in [0.2, 0.25) is 0 Å². The average molecular weight is 420 g/mol. The lowest BCUT2D eigenvalue weighted by molar-refractivity contribution is -0.274. The number of phenolic OH excluding ortho intramolecular Hbond substituents is 1. The van der Waals surface area contributed by atoms with Crippen molar-refractivity contribution < 1.29 is 27.4 Å². The zero-order valence-electron chi connectivity index (χ0n) is 14.9. The maximum atomic E-state index is 13.3. The molecule has 2 aromatic carbocycles. The summed E-state index contributed by atoms with van der Waals surface area (Å²) in [6.07, 6.45) is -3.83. The number of aromatic nitrogens is 4. The molecule has 0 unspecified atom stereocenters. The van der Waals surface area contributed by atoms with Crippen molar-refractivity contribution in [2.24, 2.45) is 0 Å². The van der Waals surface area contributed by atoms with Crippen molar-refractivity contribution >= 4 is 11.0 Å². The van der Waals surface area contributed by atoms with Crippen molar-refractivity contribution in [1.29, 1.82) is 0 Å². The van der Waals surface area contributed by atoms with Gasteiger partial charge in [0, 0.05) is 18.1 Å². The Kier molecular flexibility index (Phi) is 4.65. The molecule has 2 heterocycles. The molecule has 4 aromatic rings. The summed E-state index contributed by atoms with van der Waals surface area (Å²) in [6, 6.07) is 8.70. The van der Waals surface area contributed by atoms with Crippen LogP contribution in [-0.2, 0) is 6.42 Å². The largest absolute Gasteiger partial charge is 0.573 e. The van der Waals surface area contributed by atoms with Crippen LogP contribution in [0.3, 0.4) is 0 Å². The van der Waals surface area contributed by atoms with E-state index in [9.17, 15) is 27.5 Å². The molecule has 0 radical (unpaired) electrons. The highest BCUT2D eigenvalue weighted by molar-refractivity contribution is 5.75. The van der Waals surface area contributed by atoms with Gasteiger partial charge in [-0.25, -0.2) is 14.1 Å². The third-order valence-electron chi connectivity index (χ3n) is 4.21. The predicted molar refractivity (Wildman–Crippen MR) is 97.0 cm³/mol. The van der Waals surface area contributed by atoms with Crippen molar-refractivity contribution in [2.75, 3.05) is 0 Å². The number of phenols is 1. The van der Waals surface area contributed by atoms with Gasteiger partial charge in [-0.3, -0.25) is 4.79 Å². The summed E-state index contributed by atoms with van der Waals surface area (Å²) in [7, 11) is 0. The Balaban J connectivity index is 1.78. The van der Waals surface area contributed by atoms with Crippen LogP contribution >= 0.6 is 0 Å². The number of aromatic hydroxyl groups is 1. The number of aromatic amines is 1. The first-order chi connectivity index (χ1) is 14.2. The summed E-state index contributed by atoms with van der Waals surface area (Å²) < 4.78 is 56.4. The van der Waals surface area contributed by atoms with Crippen molar-refractivity contribution in [1.82, 2.24) is 19.7 Å². The van der Waals surface area contributed by atoms with Crippen LogP contribution in [0.4, 0.5) is 17.6 Å². The summed E-state index contributed by atoms with van der Waals surface area (Å²) in [5.41, 5.74) is -0.300. The average Bonchev–Trinajstić information content (AvgIpc) is 3.06. The third-order valence-corrected chi connectivity index (χ3v) is 4.21. The van der Waals surface area contributed by atoms with Crippen LogP contribution in [0.5, 0.6) is 11.5 Å². The maximum Gasteiger partial charge on any atom is 0.573 e. The van der Waals surface area contributed by atoms with Gasteiger partial charge in [-0.1, -0.05) is 18.2 Å². The Morgan fingerprint density at radius 3 is 2.67 bits per heavy atom. The molecule has 30 heavy (non-hydrogen) atoms. The first kappa shape index (κ1) is 19.4. The topological polar surface area (TPSA) is 93.0 Å². The van der Waals surface area contributed by atoms with Gasteiger partial charge in [-0.05, 0) is 18.2 Å². The number of nitrogens with one attached hydrogen (secondary N) is 1. The molecule has 0 aliphatic carbocycles. The number of alkyl halides is 3. The fourth-order valence-corrected chi connectivity index (χ4v) is 2.95. The van der Waals surface area contributed by atoms with Crippen molar-refractivity contribution in [3.05, 3.63) is 76.2 Å². The lowest BCUT2D eigenvalue weighted by Gasteiger charge is -2.13. The molecule has 0 atom stereocenters. The van der Waals surface area contributed by atoms with Crippen molar-refractivity contribution in [3.63, 3.8) is 0 Å². The molecular formula is C19H12F4N4O3. The number of benzene rings is 2. The minimum Gasteiger partial charge on any atom is -0.506 e. The summed E-state index contributed by atoms with van der Waals surface area (Å²) >= 11 is 0. The summed E-state index contributed by atoms with van der Waals surface area (Å²) in [5, 5.41) is 14.1. The summed E-state index contributed by atoms with van der Waals surface area (Å²) in [5.74, 6) is -1.46. The number of para-hydroxylation sites is 1. The van der Waals surface area contributed by atoms with Crippen LogP contribution in [0.15, 0.2) is 53.5 Å². The fourth-order valence-electron chi connectivity index (χ4n) is 2.95. The molecule has 11 heteroatoms. The normalized spacial score (nSPS) is 11.7. The molecule has 0 saturated heterocycles. The van der Waals surface area contributed by atoms with Crippen molar-refractivity contribution in [2.45, 2.75) is 12.8 Å². The Hall–Kier alpha value is -3.89. The molecule has 0 amide bonds. The van der Waals surface area contributed by atoms with E-state index in [0.717, 1.165) is 22.9 Å². The second-order valence-electron chi connectivity index (χ2n) is 6.27. The van der Waals surface area contributed by atoms with Crippen LogP contribution < -0.4 is 10.3 Å². The quantitative estimate of drug-likeness (QED) is 0.494. The molecule has 7 nitrogen and oxygen atoms in total. The molecule has 0 aliphatic rings. The number of hydrogen-bond acceptors (Lipinski definition) is 5. The lowest BCUT2D eigenvalue weighted by Crippen LogP contribution is -2.18.